The molecule has 152 valence electrons. The normalized spacial score (nSPS) is 16.2. The van der Waals surface area contributed by atoms with Gasteiger partial charge in [0.2, 0.25) is 0 Å². The van der Waals surface area contributed by atoms with E-state index in [9.17, 15) is 22.7 Å². The van der Waals surface area contributed by atoms with E-state index < -0.39 is 30.7 Å². The Kier molecular flexibility index (Phi) is 7.74. The maximum Gasteiger partial charge on any atom is 0.428 e. The fourth-order valence-electron chi connectivity index (χ4n) is 2.67. The first-order valence-electron chi connectivity index (χ1n) is 8.63. The molecule has 0 unspecified atom stereocenters. The maximum atomic E-state index is 15.0. The summed E-state index contributed by atoms with van der Waals surface area (Å²) in [6.07, 6.45) is -8.84. The summed E-state index contributed by atoms with van der Waals surface area (Å²) in [7, 11) is 0. The summed E-state index contributed by atoms with van der Waals surface area (Å²) in [6, 6.07) is 17.0. The lowest BCUT2D eigenvalue weighted by molar-refractivity contribution is -0.269. The monoisotopic (exact) mass is 398 g/mol. The third-order valence-electron chi connectivity index (χ3n) is 4.24. The number of alkyl halides is 4. The number of aliphatic hydroxyl groups is 1. The molecule has 0 aliphatic heterocycles. The largest absolute Gasteiger partial charge is 0.428 e. The fourth-order valence-corrected chi connectivity index (χ4v) is 2.67. The lowest BCUT2D eigenvalue weighted by Gasteiger charge is -2.36. The van der Waals surface area contributed by atoms with Gasteiger partial charge in [0.05, 0.1) is 19.8 Å². The van der Waals surface area contributed by atoms with Crippen LogP contribution in [0.25, 0.3) is 0 Å². The quantitative estimate of drug-likeness (QED) is 0.469. The average Bonchev–Trinajstić information content (AvgIpc) is 2.70. The lowest BCUT2D eigenvalue weighted by atomic mass is 9.93. The molecule has 2 rings (SSSR count). The molecule has 3 atom stereocenters. The molecular weight excluding hydrogens is 376 g/mol. The number of ether oxygens (including phenoxy) is 2. The average molecular weight is 398 g/mol. The Morgan fingerprint density at radius 1 is 0.857 bits per heavy atom. The molecule has 0 saturated carbocycles. The Bertz CT molecular complexity index is 721. The molecular formula is C21H22F4O3. The third kappa shape index (κ3) is 5.41. The van der Waals surface area contributed by atoms with Gasteiger partial charge >= 0.3 is 6.18 Å². The Morgan fingerprint density at radius 2 is 1.32 bits per heavy atom. The number of hydrogen-bond donors (Lipinski definition) is 1. The molecule has 1 N–H and O–H groups in total. The Morgan fingerprint density at radius 3 is 1.71 bits per heavy atom. The second kappa shape index (κ2) is 9.82. The zero-order chi connectivity index (χ0) is 20.6. The van der Waals surface area contributed by atoms with Gasteiger partial charge in [-0.3, -0.25) is 0 Å². The van der Waals surface area contributed by atoms with E-state index in [0.717, 1.165) is 0 Å². The van der Waals surface area contributed by atoms with Crippen LogP contribution < -0.4 is 0 Å². The number of hydrogen-bond acceptors (Lipinski definition) is 3. The number of benzene rings is 2. The van der Waals surface area contributed by atoms with Crippen LogP contribution in [-0.2, 0) is 22.7 Å². The highest BCUT2D eigenvalue weighted by atomic mass is 19.4. The second-order valence-corrected chi connectivity index (χ2v) is 6.20. The Hall–Kier alpha value is -2.22. The highest BCUT2D eigenvalue weighted by molar-refractivity contribution is 5.16. The van der Waals surface area contributed by atoms with Crippen LogP contribution in [0.2, 0.25) is 0 Å². The van der Waals surface area contributed by atoms with Gasteiger partial charge in [-0.15, -0.1) is 0 Å². The van der Waals surface area contributed by atoms with E-state index >= 15 is 0 Å². The van der Waals surface area contributed by atoms with Crippen molar-refractivity contribution < 1.29 is 32.1 Å². The van der Waals surface area contributed by atoms with Gasteiger partial charge in [0.25, 0.3) is 5.67 Å². The van der Waals surface area contributed by atoms with Crippen LogP contribution >= 0.6 is 0 Å². The highest BCUT2D eigenvalue weighted by Gasteiger charge is 2.61. The Balaban J connectivity index is 2.24. The Labute approximate surface area is 161 Å². The molecule has 0 amide bonds. The minimum Gasteiger partial charge on any atom is -0.394 e. The minimum absolute atomic E-state index is 0.109. The molecule has 0 fully saturated rings. The first-order chi connectivity index (χ1) is 13.3. The SMILES string of the molecule is C=C[C@](F)([C@H](OCc1ccccc1)[C@@H](CO)OCc1ccccc1)C(F)(F)F. The van der Waals surface area contributed by atoms with Crippen molar-refractivity contribution in [1.82, 2.24) is 0 Å². The van der Waals surface area contributed by atoms with Crippen molar-refractivity contribution >= 4 is 0 Å². The molecule has 0 heterocycles. The van der Waals surface area contributed by atoms with Crippen LogP contribution in [0.15, 0.2) is 73.3 Å². The molecule has 0 radical (unpaired) electrons. The van der Waals surface area contributed by atoms with E-state index in [4.69, 9.17) is 9.47 Å². The molecule has 0 aromatic heterocycles. The van der Waals surface area contributed by atoms with Gasteiger partial charge in [0, 0.05) is 0 Å². The van der Waals surface area contributed by atoms with Gasteiger partial charge in [-0.25, -0.2) is 4.39 Å². The molecule has 0 spiro atoms. The molecule has 2 aromatic rings. The summed E-state index contributed by atoms with van der Waals surface area (Å²) in [4.78, 5) is 0. The smallest absolute Gasteiger partial charge is 0.394 e. The van der Waals surface area contributed by atoms with E-state index in [1.165, 1.54) is 0 Å². The first kappa shape index (κ1) is 22.1. The van der Waals surface area contributed by atoms with E-state index in [-0.39, 0.29) is 19.3 Å². The van der Waals surface area contributed by atoms with Crippen LogP contribution in [0.5, 0.6) is 0 Å². The third-order valence-corrected chi connectivity index (χ3v) is 4.24. The fraction of sp³-hybridized carbons (Fsp3) is 0.333. The second-order valence-electron chi connectivity index (χ2n) is 6.20. The van der Waals surface area contributed by atoms with Crippen LogP contribution in [0.1, 0.15) is 11.1 Å². The zero-order valence-corrected chi connectivity index (χ0v) is 15.1. The van der Waals surface area contributed by atoms with Crippen molar-refractivity contribution in [1.29, 1.82) is 0 Å². The topological polar surface area (TPSA) is 38.7 Å². The summed E-state index contributed by atoms with van der Waals surface area (Å²) < 4.78 is 66.1. The number of rotatable bonds is 10. The van der Waals surface area contributed by atoms with Crippen LogP contribution in [0.4, 0.5) is 17.6 Å². The molecule has 2 aromatic carbocycles. The summed E-state index contributed by atoms with van der Waals surface area (Å²) in [5.74, 6) is 0. The summed E-state index contributed by atoms with van der Waals surface area (Å²) in [5, 5.41) is 9.62. The molecule has 7 heteroatoms. The van der Waals surface area contributed by atoms with Gasteiger partial charge in [-0.1, -0.05) is 67.2 Å². The van der Waals surface area contributed by atoms with Gasteiger partial charge in [0.15, 0.2) is 0 Å². The predicted octanol–water partition coefficient (Wildman–Crippen LogP) is 4.61. The van der Waals surface area contributed by atoms with Gasteiger partial charge < -0.3 is 14.6 Å². The predicted molar refractivity (Wildman–Crippen MR) is 97.2 cm³/mol. The molecule has 0 bridgehead atoms. The first-order valence-corrected chi connectivity index (χ1v) is 8.63. The summed E-state index contributed by atoms with van der Waals surface area (Å²) in [5.41, 5.74) is -2.68. The molecule has 0 aliphatic carbocycles. The van der Waals surface area contributed by atoms with Crippen LogP contribution in [0, 0.1) is 0 Å². The van der Waals surface area contributed by atoms with E-state index in [0.29, 0.717) is 11.1 Å². The van der Waals surface area contributed by atoms with Crippen molar-refractivity contribution in [2.75, 3.05) is 6.61 Å². The van der Waals surface area contributed by atoms with Gasteiger partial charge in [0.1, 0.15) is 12.2 Å². The van der Waals surface area contributed by atoms with E-state index in [2.05, 4.69) is 6.58 Å². The number of aliphatic hydroxyl groups excluding tert-OH is 1. The minimum atomic E-state index is -5.29. The molecule has 0 aliphatic rings. The maximum absolute atomic E-state index is 15.0. The zero-order valence-electron chi connectivity index (χ0n) is 15.1. The standard InChI is InChI=1S/C21H22F4O3/c1-2-20(22,21(23,24)25)19(28-15-17-11-7-4-8-12-17)18(13-26)27-14-16-9-5-3-6-10-16/h2-12,18-19,26H,1,13-15H2/t18-,19-,20+/m1/s1. The summed E-state index contributed by atoms with van der Waals surface area (Å²) >= 11 is 0. The molecule has 3 nitrogen and oxygen atoms in total. The highest BCUT2D eigenvalue weighted by Crippen LogP contribution is 2.41. The van der Waals surface area contributed by atoms with E-state index in [1.807, 2.05) is 0 Å². The lowest BCUT2D eigenvalue weighted by Crippen LogP contribution is -2.56. The van der Waals surface area contributed by atoms with Crippen LogP contribution in [-0.4, -0.2) is 35.8 Å². The van der Waals surface area contributed by atoms with Crippen molar-refractivity contribution in [3.63, 3.8) is 0 Å². The summed E-state index contributed by atoms with van der Waals surface area (Å²) in [6.45, 7) is 1.74. The molecule has 0 saturated heterocycles. The van der Waals surface area contributed by atoms with Crippen LogP contribution in [0.3, 0.4) is 0 Å². The van der Waals surface area contributed by atoms with Gasteiger partial charge in [-0.05, 0) is 17.2 Å². The molecule has 28 heavy (non-hydrogen) atoms. The van der Waals surface area contributed by atoms with Crippen molar-refractivity contribution in [3.8, 4) is 0 Å². The number of halogens is 4. The van der Waals surface area contributed by atoms with E-state index in [1.54, 1.807) is 60.7 Å². The van der Waals surface area contributed by atoms with Crippen molar-refractivity contribution in [3.05, 3.63) is 84.4 Å². The van der Waals surface area contributed by atoms with Gasteiger partial charge in [-0.2, -0.15) is 13.2 Å². The van der Waals surface area contributed by atoms with Crippen molar-refractivity contribution in [2.24, 2.45) is 0 Å². The van der Waals surface area contributed by atoms with Crippen molar-refractivity contribution in [2.45, 2.75) is 37.3 Å².